The Labute approximate surface area is 105 Å². The van der Waals surface area contributed by atoms with Crippen molar-refractivity contribution in [2.75, 3.05) is 18.4 Å². The van der Waals surface area contributed by atoms with Crippen LogP contribution in [-0.2, 0) is 4.79 Å². The highest BCUT2D eigenvalue weighted by atomic mass is 35.5. The highest BCUT2D eigenvalue weighted by Crippen LogP contribution is 2.20. The van der Waals surface area contributed by atoms with Gasteiger partial charge in [0.1, 0.15) is 0 Å². The highest BCUT2D eigenvalue weighted by Gasteiger charge is 2.17. The lowest BCUT2D eigenvalue weighted by Crippen LogP contribution is -2.41. The first-order valence-corrected chi connectivity index (χ1v) is 5.47. The molecule has 0 saturated heterocycles. The summed E-state index contributed by atoms with van der Waals surface area (Å²) in [5.41, 5.74) is 5.79. The molecule has 0 saturated carbocycles. The van der Waals surface area contributed by atoms with Crippen LogP contribution in [0.4, 0.5) is 10.5 Å². The van der Waals surface area contributed by atoms with Crippen LogP contribution in [-0.4, -0.2) is 29.9 Å². The molecule has 0 atom stereocenters. The van der Waals surface area contributed by atoms with Gasteiger partial charge in [-0.2, -0.15) is 0 Å². The first-order chi connectivity index (χ1) is 8.06. The minimum Gasteiger partial charge on any atom is -0.329 e. The number of carbonyl (C=O) groups is 2. The quantitative estimate of drug-likeness (QED) is 0.863. The summed E-state index contributed by atoms with van der Waals surface area (Å²) < 4.78 is 0. The van der Waals surface area contributed by atoms with Crippen LogP contribution in [0.2, 0.25) is 5.02 Å². The summed E-state index contributed by atoms with van der Waals surface area (Å²) >= 11 is 5.89. The number of anilines is 1. The first kappa shape index (κ1) is 13.5. The van der Waals surface area contributed by atoms with Crippen molar-refractivity contribution in [1.29, 1.82) is 0 Å². The van der Waals surface area contributed by atoms with Gasteiger partial charge in [0, 0.05) is 20.0 Å². The van der Waals surface area contributed by atoms with Crippen LogP contribution in [0, 0.1) is 0 Å². The van der Waals surface area contributed by atoms with E-state index in [2.05, 4.69) is 5.32 Å². The molecule has 0 radical (unpaired) electrons. The van der Waals surface area contributed by atoms with Gasteiger partial charge in [0.2, 0.25) is 5.91 Å². The van der Waals surface area contributed by atoms with E-state index >= 15 is 0 Å². The Morgan fingerprint density at radius 3 is 2.59 bits per heavy atom. The number of carbonyl (C=O) groups excluding carboxylic acids is 2. The number of nitrogens with two attached hydrogens (primary N) is 1. The SMILES string of the molecule is CC(=O)N(CCN)C(=O)Nc1ccccc1Cl. The van der Waals surface area contributed by atoms with Crippen molar-refractivity contribution in [3.63, 3.8) is 0 Å². The number of urea groups is 1. The third-order valence-electron chi connectivity index (χ3n) is 2.09. The van der Waals surface area contributed by atoms with Crippen LogP contribution in [0.25, 0.3) is 0 Å². The van der Waals surface area contributed by atoms with Gasteiger partial charge < -0.3 is 11.1 Å². The zero-order valence-corrected chi connectivity index (χ0v) is 10.2. The second-order valence-electron chi connectivity index (χ2n) is 3.37. The van der Waals surface area contributed by atoms with E-state index < -0.39 is 6.03 Å². The monoisotopic (exact) mass is 255 g/mol. The maximum absolute atomic E-state index is 11.8. The van der Waals surface area contributed by atoms with Gasteiger partial charge in [-0.05, 0) is 12.1 Å². The number of nitrogens with zero attached hydrogens (tertiary/aromatic N) is 1. The molecule has 0 aliphatic carbocycles. The van der Waals surface area contributed by atoms with Gasteiger partial charge in [0.15, 0.2) is 0 Å². The number of para-hydroxylation sites is 1. The summed E-state index contributed by atoms with van der Waals surface area (Å²) in [7, 11) is 0. The molecule has 0 aliphatic heterocycles. The smallest absolute Gasteiger partial charge is 0.328 e. The van der Waals surface area contributed by atoms with Crippen LogP contribution in [0.1, 0.15) is 6.92 Å². The fourth-order valence-electron chi connectivity index (χ4n) is 1.28. The number of hydrogen-bond acceptors (Lipinski definition) is 3. The molecule has 0 heterocycles. The van der Waals surface area contributed by atoms with Gasteiger partial charge in [-0.3, -0.25) is 9.69 Å². The molecule has 3 N–H and O–H groups in total. The molecule has 6 heteroatoms. The topological polar surface area (TPSA) is 75.4 Å². The number of imide groups is 1. The highest BCUT2D eigenvalue weighted by molar-refractivity contribution is 6.33. The molecule has 0 aliphatic rings. The predicted molar refractivity (Wildman–Crippen MR) is 66.9 cm³/mol. The van der Waals surface area contributed by atoms with Crippen molar-refractivity contribution in [3.8, 4) is 0 Å². The van der Waals surface area contributed by atoms with E-state index in [0.717, 1.165) is 4.90 Å². The van der Waals surface area contributed by atoms with Gasteiger partial charge in [-0.25, -0.2) is 4.79 Å². The maximum Gasteiger partial charge on any atom is 0.328 e. The molecule has 1 rings (SSSR count). The summed E-state index contributed by atoms with van der Waals surface area (Å²) in [5.74, 6) is -0.361. The van der Waals surface area contributed by atoms with Crippen LogP contribution < -0.4 is 11.1 Å². The molecule has 3 amide bonds. The van der Waals surface area contributed by atoms with Gasteiger partial charge >= 0.3 is 6.03 Å². The zero-order valence-electron chi connectivity index (χ0n) is 9.44. The second-order valence-corrected chi connectivity index (χ2v) is 3.78. The lowest BCUT2D eigenvalue weighted by Gasteiger charge is -2.19. The Kier molecular flexibility index (Phi) is 4.93. The maximum atomic E-state index is 11.8. The first-order valence-electron chi connectivity index (χ1n) is 5.10. The number of amides is 3. The Bertz CT molecular complexity index is 423. The van der Waals surface area contributed by atoms with E-state index in [-0.39, 0.29) is 19.0 Å². The number of halogens is 1. The van der Waals surface area contributed by atoms with Crippen molar-refractivity contribution in [2.45, 2.75) is 6.92 Å². The summed E-state index contributed by atoms with van der Waals surface area (Å²) in [6.07, 6.45) is 0. The van der Waals surface area contributed by atoms with Gasteiger partial charge in [0.05, 0.1) is 10.7 Å². The Balaban J connectivity index is 2.77. The van der Waals surface area contributed by atoms with Gasteiger partial charge in [0.25, 0.3) is 0 Å². The molecule has 1 aromatic carbocycles. The van der Waals surface area contributed by atoms with E-state index in [4.69, 9.17) is 17.3 Å². The molecule has 1 aromatic rings. The van der Waals surface area contributed by atoms with Crippen molar-refractivity contribution in [2.24, 2.45) is 5.73 Å². The van der Waals surface area contributed by atoms with Crippen LogP contribution in [0.3, 0.4) is 0 Å². The fraction of sp³-hybridized carbons (Fsp3) is 0.273. The summed E-state index contributed by atoms with van der Waals surface area (Å²) in [5, 5.41) is 2.97. The normalized spacial score (nSPS) is 9.82. The third kappa shape index (κ3) is 3.72. The van der Waals surface area contributed by atoms with Crippen molar-refractivity contribution >= 4 is 29.2 Å². The molecule has 0 aromatic heterocycles. The van der Waals surface area contributed by atoms with Gasteiger partial charge in [-0.15, -0.1) is 0 Å². The Morgan fingerprint density at radius 2 is 2.06 bits per heavy atom. The van der Waals surface area contributed by atoms with Crippen molar-refractivity contribution < 1.29 is 9.59 Å². The summed E-state index contributed by atoms with van der Waals surface area (Å²) in [6.45, 7) is 1.70. The number of benzene rings is 1. The largest absolute Gasteiger partial charge is 0.329 e. The minimum atomic E-state index is -0.531. The van der Waals surface area contributed by atoms with Gasteiger partial charge in [-0.1, -0.05) is 23.7 Å². The van der Waals surface area contributed by atoms with E-state index in [1.165, 1.54) is 6.92 Å². The van der Waals surface area contributed by atoms with Crippen LogP contribution in [0.5, 0.6) is 0 Å². The average Bonchev–Trinajstić information content (AvgIpc) is 2.28. The van der Waals surface area contributed by atoms with E-state index in [1.54, 1.807) is 24.3 Å². The molecule has 0 fully saturated rings. The number of hydrogen-bond donors (Lipinski definition) is 2. The molecular weight excluding hydrogens is 242 g/mol. The van der Waals surface area contributed by atoms with E-state index in [9.17, 15) is 9.59 Å². The molecule has 0 bridgehead atoms. The van der Waals surface area contributed by atoms with Crippen molar-refractivity contribution in [3.05, 3.63) is 29.3 Å². The lowest BCUT2D eigenvalue weighted by atomic mass is 10.3. The van der Waals surface area contributed by atoms with E-state index in [0.29, 0.717) is 10.7 Å². The minimum absolute atomic E-state index is 0.172. The fourth-order valence-corrected chi connectivity index (χ4v) is 1.46. The van der Waals surface area contributed by atoms with Crippen molar-refractivity contribution in [1.82, 2.24) is 4.90 Å². The molecule has 17 heavy (non-hydrogen) atoms. The standard InChI is InChI=1S/C11H14ClN3O2/c1-8(16)15(7-6-13)11(17)14-10-5-3-2-4-9(10)12/h2-5H,6-7,13H2,1H3,(H,14,17). The molecule has 0 unspecified atom stereocenters. The predicted octanol–water partition coefficient (Wildman–Crippen LogP) is 1.68. The molecule has 5 nitrogen and oxygen atoms in total. The third-order valence-corrected chi connectivity index (χ3v) is 2.42. The molecular formula is C11H14ClN3O2. The Morgan fingerprint density at radius 1 is 1.41 bits per heavy atom. The number of rotatable bonds is 3. The summed E-state index contributed by atoms with van der Waals surface area (Å²) in [6, 6.07) is 6.26. The molecule has 92 valence electrons. The van der Waals surface area contributed by atoms with E-state index in [1.807, 2.05) is 0 Å². The Hall–Kier alpha value is -1.59. The zero-order chi connectivity index (χ0) is 12.8. The lowest BCUT2D eigenvalue weighted by molar-refractivity contribution is -0.125. The second kappa shape index (κ2) is 6.22. The van der Waals surface area contributed by atoms with Crippen LogP contribution >= 0.6 is 11.6 Å². The van der Waals surface area contributed by atoms with Crippen LogP contribution in [0.15, 0.2) is 24.3 Å². The number of nitrogens with one attached hydrogen (secondary N) is 1. The average molecular weight is 256 g/mol. The summed E-state index contributed by atoms with van der Waals surface area (Å²) in [4.78, 5) is 24.0. The molecule has 0 spiro atoms.